The van der Waals surface area contributed by atoms with Crippen molar-refractivity contribution in [3.63, 3.8) is 0 Å². The molecule has 170 valence electrons. The van der Waals surface area contributed by atoms with E-state index in [9.17, 15) is 22.8 Å². The Morgan fingerprint density at radius 1 is 1.23 bits per heavy atom. The number of nitrogens with one attached hydrogen (secondary N) is 2. The van der Waals surface area contributed by atoms with Gasteiger partial charge in [0, 0.05) is 45.5 Å². The van der Waals surface area contributed by atoms with Crippen LogP contribution in [-0.4, -0.2) is 67.5 Å². The predicted octanol–water partition coefficient (Wildman–Crippen LogP) is 2.63. The molecule has 0 aromatic carbocycles. The van der Waals surface area contributed by atoms with Crippen LogP contribution in [0.2, 0.25) is 0 Å². The zero-order valence-electron chi connectivity index (χ0n) is 17.9. The Morgan fingerprint density at radius 2 is 1.87 bits per heavy atom. The first-order valence-electron chi connectivity index (χ1n) is 10.0. The van der Waals surface area contributed by atoms with Crippen LogP contribution in [0.4, 0.5) is 18.2 Å². The Labute approximate surface area is 182 Å². The largest absolute Gasteiger partial charge is 0.418 e. The molecular formula is C20H26F3N5O2S. The van der Waals surface area contributed by atoms with Gasteiger partial charge in [0.15, 0.2) is 0 Å². The Balaban J connectivity index is 1.92. The van der Waals surface area contributed by atoms with Crippen molar-refractivity contribution in [2.24, 2.45) is 0 Å². The first kappa shape index (κ1) is 23.3. The highest BCUT2D eigenvalue weighted by Crippen LogP contribution is 2.45. The van der Waals surface area contributed by atoms with Crippen LogP contribution in [0.1, 0.15) is 35.3 Å². The summed E-state index contributed by atoms with van der Waals surface area (Å²) >= 11 is 0.950. The number of carbonyl (C=O) groups excluding carboxylic acids is 2. The van der Waals surface area contributed by atoms with E-state index in [4.69, 9.17) is 0 Å². The summed E-state index contributed by atoms with van der Waals surface area (Å²) in [6.07, 6.45) is -3.38. The van der Waals surface area contributed by atoms with Gasteiger partial charge in [-0.25, -0.2) is 0 Å². The molecule has 0 atom stereocenters. The quantitative estimate of drug-likeness (QED) is 0.722. The van der Waals surface area contributed by atoms with Gasteiger partial charge in [0.05, 0.1) is 22.3 Å². The summed E-state index contributed by atoms with van der Waals surface area (Å²) in [7, 11) is 1.44. The molecule has 0 aliphatic carbocycles. The number of carbonyl (C=O) groups is 2. The number of anilines is 1. The lowest BCUT2D eigenvalue weighted by Gasteiger charge is -2.35. The molecule has 0 spiro atoms. The molecule has 2 N–H and O–H groups in total. The molecule has 1 aliphatic heterocycles. The second-order valence-electron chi connectivity index (χ2n) is 7.84. The van der Waals surface area contributed by atoms with Gasteiger partial charge in [0.2, 0.25) is 5.91 Å². The maximum Gasteiger partial charge on any atom is 0.418 e. The molecule has 3 heterocycles. The SMILES string of the molecule is CNC(=O)c1c(N2CCN(CC(=O)NC(C)C)CC2)sc2c(C(F)(F)F)c(C)cnc12. The van der Waals surface area contributed by atoms with Crippen LogP contribution in [0.15, 0.2) is 6.20 Å². The van der Waals surface area contributed by atoms with Crippen LogP contribution < -0.4 is 15.5 Å². The van der Waals surface area contributed by atoms with Crippen molar-refractivity contribution < 1.29 is 22.8 Å². The van der Waals surface area contributed by atoms with Gasteiger partial charge in [-0.15, -0.1) is 11.3 Å². The highest BCUT2D eigenvalue weighted by atomic mass is 32.1. The fourth-order valence-corrected chi connectivity index (χ4v) is 5.12. The second kappa shape index (κ2) is 8.99. The normalized spacial score (nSPS) is 15.5. The monoisotopic (exact) mass is 457 g/mol. The molecule has 3 rings (SSSR count). The van der Waals surface area contributed by atoms with Crippen molar-refractivity contribution in [3.8, 4) is 0 Å². The van der Waals surface area contributed by atoms with Crippen LogP contribution >= 0.6 is 11.3 Å². The van der Waals surface area contributed by atoms with E-state index in [2.05, 4.69) is 15.6 Å². The van der Waals surface area contributed by atoms with Gasteiger partial charge in [0.25, 0.3) is 5.91 Å². The van der Waals surface area contributed by atoms with Gasteiger partial charge in [-0.05, 0) is 26.3 Å². The lowest BCUT2D eigenvalue weighted by Crippen LogP contribution is -2.50. The van der Waals surface area contributed by atoms with Crippen molar-refractivity contribution in [2.45, 2.75) is 33.0 Å². The summed E-state index contributed by atoms with van der Waals surface area (Å²) in [4.78, 5) is 32.7. The number of pyridine rings is 1. The minimum atomic E-state index is -4.55. The number of piperazine rings is 1. The van der Waals surface area contributed by atoms with Crippen LogP contribution in [-0.2, 0) is 11.0 Å². The van der Waals surface area contributed by atoms with Gasteiger partial charge < -0.3 is 15.5 Å². The number of halogens is 3. The van der Waals surface area contributed by atoms with Crippen molar-refractivity contribution in [1.82, 2.24) is 20.5 Å². The fourth-order valence-electron chi connectivity index (χ4n) is 3.69. The van der Waals surface area contributed by atoms with E-state index in [0.29, 0.717) is 31.2 Å². The molecule has 1 fully saturated rings. The maximum atomic E-state index is 13.7. The van der Waals surface area contributed by atoms with Gasteiger partial charge in [0.1, 0.15) is 10.6 Å². The molecule has 2 aromatic heterocycles. The Kier molecular flexibility index (Phi) is 6.75. The molecule has 31 heavy (non-hydrogen) atoms. The Bertz CT molecular complexity index is 981. The number of alkyl halides is 3. The van der Waals surface area contributed by atoms with Crippen LogP contribution in [0.25, 0.3) is 10.2 Å². The average molecular weight is 458 g/mol. The van der Waals surface area contributed by atoms with E-state index in [1.54, 1.807) is 0 Å². The van der Waals surface area contributed by atoms with Crippen molar-refractivity contribution in [1.29, 1.82) is 0 Å². The number of hydrogen-bond acceptors (Lipinski definition) is 6. The van der Waals surface area contributed by atoms with E-state index in [0.717, 1.165) is 11.3 Å². The number of thiophene rings is 1. The molecule has 1 aliphatic rings. The molecule has 2 aromatic rings. The van der Waals surface area contributed by atoms with Gasteiger partial charge in [-0.3, -0.25) is 19.5 Å². The van der Waals surface area contributed by atoms with Crippen LogP contribution in [0.5, 0.6) is 0 Å². The maximum absolute atomic E-state index is 13.7. The molecule has 2 amide bonds. The van der Waals surface area contributed by atoms with Crippen molar-refractivity contribution in [3.05, 3.63) is 22.9 Å². The lowest BCUT2D eigenvalue weighted by atomic mass is 10.1. The standard InChI is InChI=1S/C20H26F3N5O2S/c1-11(2)26-13(29)10-27-5-7-28(8-6-27)19-14(18(30)24-4)16-17(31-19)15(20(21,22)23)12(3)9-25-16/h9,11H,5-8,10H2,1-4H3,(H,24,30)(H,26,29). The predicted molar refractivity (Wildman–Crippen MR) is 115 cm³/mol. The average Bonchev–Trinajstić information content (AvgIpc) is 3.05. The molecule has 7 nitrogen and oxygen atoms in total. The third kappa shape index (κ3) is 4.93. The number of aryl methyl sites for hydroxylation is 1. The summed E-state index contributed by atoms with van der Waals surface area (Å²) in [6, 6.07) is 0.0567. The van der Waals surface area contributed by atoms with Crippen LogP contribution in [0, 0.1) is 6.92 Å². The summed E-state index contributed by atoms with van der Waals surface area (Å²) < 4.78 is 41.2. The van der Waals surface area contributed by atoms with E-state index >= 15 is 0 Å². The lowest BCUT2D eigenvalue weighted by molar-refractivity contribution is -0.136. The molecule has 0 saturated carbocycles. The molecular weight excluding hydrogens is 431 g/mol. The summed E-state index contributed by atoms with van der Waals surface area (Å²) in [6.45, 7) is 7.52. The molecule has 1 saturated heterocycles. The number of fused-ring (bicyclic) bond motifs is 1. The summed E-state index contributed by atoms with van der Waals surface area (Å²) in [5.41, 5.74) is -0.491. The zero-order chi connectivity index (χ0) is 22.9. The van der Waals surface area contributed by atoms with Crippen LogP contribution in [0.3, 0.4) is 0 Å². The smallest absolute Gasteiger partial charge is 0.360 e. The van der Waals surface area contributed by atoms with E-state index in [1.807, 2.05) is 23.6 Å². The van der Waals surface area contributed by atoms with Gasteiger partial charge >= 0.3 is 6.18 Å². The highest BCUT2D eigenvalue weighted by Gasteiger charge is 2.38. The highest BCUT2D eigenvalue weighted by molar-refractivity contribution is 7.23. The van der Waals surface area contributed by atoms with E-state index < -0.39 is 17.6 Å². The Morgan fingerprint density at radius 3 is 2.42 bits per heavy atom. The Hall–Kier alpha value is -2.40. The molecule has 0 bridgehead atoms. The second-order valence-corrected chi connectivity index (χ2v) is 8.84. The minimum absolute atomic E-state index is 0.0252. The van der Waals surface area contributed by atoms with Crippen molar-refractivity contribution >= 4 is 38.4 Å². The summed E-state index contributed by atoms with van der Waals surface area (Å²) in [5.74, 6) is -0.532. The zero-order valence-corrected chi connectivity index (χ0v) is 18.7. The summed E-state index contributed by atoms with van der Waals surface area (Å²) in [5, 5.41) is 5.85. The van der Waals surface area contributed by atoms with Gasteiger partial charge in [-0.2, -0.15) is 13.2 Å². The third-order valence-electron chi connectivity index (χ3n) is 5.09. The fraction of sp³-hybridized carbons (Fsp3) is 0.550. The third-order valence-corrected chi connectivity index (χ3v) is 6.34. The first-order chi connectivity index (χ1) is 14.5. The molecule has 0 unspecified atom stereocenters. The first-order valence-corrected chi connectivity index (χ1v) is 10.8. The number of amides is 2. The minimum Gasteiger partial charge on any atom is -0.360 e. The number of hydrogen-bond donors (Lipinski definition) is 2. The van der Waals surface area contributed by atoms with E-state index in [-0.39, 0.29) is 39.8 Å². The number of rotatable bonds is 5. The van der Waals surface area contributed by atoms with Crippen molar-refractivity contribution in [2.75, 3.05) is 44.7 Å². The van der Waals surface area contributed by atoms with E-state index in [1.165, 1.54) is 20.2 Å². The topological polar surface area (TPSA) is 77.6 Å². The van der Waals surface area contributed by atoms with Gasteiger partial charge in [-0.1, -0.05) is 0 Å². The number of aromatic nitrogens is 1. The molecule has 0 radical (unpaired) electrons. The number of nitrogens with zero attached hydrogens (tertiary/aromatic N) is 3. The molecule has 11 heteroatoms.